The molecule has 0 aromatic heterocycles. The molecule has 0 aliphatic rings. The van der Waals surface area contributed by atoms with Gasteiger partial charge in [-0.05, 0) is 60.9 Å². The van der Waals surface area contributed by atoms with Crippen LogP contribution in [0.1, 0.15) is 37.3 Å². The van der Waals surface area contributed by atoms with Gasteiger partial charge in [-0.3, -0.25) is 0 Å². The minimum Gasteiger partial charge on any atom is -0.0654 e. The van der Waals surface area contributed by atoms with Gasteiger partial charge in [-0.1, -0.05) is 116 Å². The molecule has 0 nitrogen and oxygen atoms in total. The molecular formula is C23H28I2Si. The van der Waals surface area contributed by atoms with Crippen LogP contribution in [0.4, 0.5) is 0 Å². The fourth-order valence-electron chi connectivity index (χ4n) is 2.92. The highest BCUT2D eigenvalue weighted by molar-refractivity contribution is 14.1. The predicted octanol–water partition coefficient (Wildman–Crippen LogP) is 8.75. The number of unbranched alkanes of at least 4 members (excludes halogenated alkanes) is 1. The van der Waals surface area contributed by atoms with Crippen LogP contribution in [0.3, 0.4) is 0 Å². The van der Waals surface area contributed by atoms with Crippen LogP contribution in [-0.4, -0.2) is 8.07 Å². The van der Waals surface area contributed by atoms with E-state index in [0.717, 1.165) is 6.42 Å². The Morgan fingerprint density at radius 3 is 1.77 bits per heavy atom. The molecule has 0 atom stereocenters. The Morgan fingerprint density at radius 1 is 0.808 bits per heavy atom. The van der Waals surface area contributed by atoms with Crippen molar-refractivity contribution < 1.29 is 0 Å². The first-order valence-electron chi connectivity index (χ1n) is 9.26. The average molecular weight is 586 g/mol. The van der Waals surface area contributed by atoms with Crippen molar-refractivity contribution in [3.63, 3.8) is 0 Å². The van der Waals surface area contributed by atoms with Gasteiger partial charge in [0, 0.05) is 3.58 Å². The summed E-state index contributed by atoms with van der Waals surface area (Å²) in [4.78, 5) is 0. The summed E-state index contributed by atoms with van der Waals surface area (Å²) < 4.78 is 2.96. The molecule has 0 unspecified atom stereocenters. The highest BCUT2D eigenvalue weighted by Crippen LogP contribution is 2.42. The number of allylic oxidation sites excluding steroid dienone is 2. The summed E-state index contributed by atoms with van der Waals surface area (Å²) in [5.74, 6) is 0. The first-order chi connectivity index (χ1) is 12.4. The zero-order valence-corrected chi connectivity index (χ0v) is 21.5. The summed E-state index contributed by atoms with van der Waals surface area (Å²) >= 11 is 5.21. The highest BCUT2D eigenvalue weighted by Gasteiger charge is 2.25. The molecule has 0 N–H and O–H groups in total. The van der Waals surface area contributed by atoms with Gasteiger partial charge < -0.3 is 0 Å². The van der Waals surface area contributed by atoms with Crippen molar-refractivity contribution in [1.82, 2.24) is 0 Å². The van der Waals surface area contributed by atoms with E-state index in [1.54, 1.807) is 8.78 Å². The maximum absolute atomic E-state index is 2.65. The smallest absolute Gasteiger partial charge is 0.0654 e. The van der Waals surface area contributed by atoms with Crippen LogP contribution in [-0.2, 0) is 0 Å². The summed E-state index contributed by atoms with van der Waals surface area (Å²) in [7, 11) is -1.39. The van der Waals surface area contributed by atoms with Gasteiger partial charge in [-0.25, -0.2) is 0 Å². The molecule has 0 spiro atoms. The Morgan fingerprint density at radius 2 is 1.31 bits per heavy atom. The Bertz CT molecular complexity index is 769. The molecule has 0 fully saturated rings. The zero-order valence-electron chi connectivity index (χ0n) is 16.2. The van der Waals surface area contributed by atoms with E-state index >= 15 is 0 Å². The van der Waals surface area contributed by atoms with Crippen molar-refractivity contribution in [2.24, 2.45) is 0 Å². The van der Waals surface area contributed by atoms with Crippen LogP contribution in [0.2, 0.25) is 19.6 Å². The molecule has 2 rings (SSSR count). The van der Waals surface area contributed by atoms with E-state index in [9.17, 15) is 0 Å². The second-order valence-corrected chi connectivity index (χ2v) is 15.7. The third kappa shape index (κ3) is 5.80. The molecule has 3 heteroatoms. The maximum Gasteiger partial charge on any atom is 0.0858 e. The standard InChI is InChI=1S/C23H28I2Si/c1-5-6-17-20(23(25)26(2,3)4)21(18-13-9-7-10-14-18)22(24)19-15-11-8-12-16-19/h7-16H,5-6,17H2,1-4H3/b22-21-,23-20+. The average Bonchev–Trinajstić information content (AvgIpc) is 2.65. The van der Waals surface area contributed by atoms with Crippen LogP contribution >= 0.6 is 45.2 Å². The molecule has 2 aromatic rings. The lowest BCUT2D eigenvalue weighted by molar-refractivity contribution is 0.800. The van der Waals surface area contributed by atoms with Gasteiger partial charge in [-0.2, -0.15) is 0 Å². The quantitative estimate of drug-likeness (QED) is 0.132. The van der Waals surface area contributed by atoms with E-state index in [2.05, 4.69) is 132 Å². The van der Waals surface area contributed by atoms with Crippen molar-refractivity contribution in [2.45, 2.75) is 45.8 Å². The van der Waals surface area contributed by atoms with Crippen LogP contribution in [0.5, 0.6) is 0 Å². The number of halogens is 2. The molecule has 26 heavy (non-hydrogen) atoms. The summed E-state index contributed by atoms with van der Waals surface area (Å²) in [6.45, 7) is 9.66. The predicted molar refractivity (Wildman–Crippen MR) is 138 cm³/mol. The second-order valence-electron chi connectivity index (χ2n) is 7.57. The molecule has 0 saturated heterocycles. The molecule has 0 heterocycles. The Labute approximate surface area is 187 Å². The molecule has 2 aromatic carbocycles. The number of benzene rings is 2. The number of rotatable bonds is 7. The summed E-state index contributed by atoms with van der Waals surface area (Å²) in [5, 5.41) is 0. The Kier molecular flexibility index (Phi) is 8.61. The minimum atomic E-state index is -1.39. The van der Waals surface area contributed by atoms with Gasteiger partial charge in [0.25, 0.3) is 0 Å². The lowest BCUT2D eigenvalue weighted by Crippen LogP contribution is -2.22. The summed E-state index contributed by atoms with van der Waals surface area (Å²) in [6, 6.07) is 21.8. The Balaban J connectivity index is 2.77. The lowest BCUT2D eigenvalue weighted by Gasteiger charge is -2.24. The maximum atomic E-state index is 2.65. The van der Waals surface area contributed by atoms with E-state index in [-0.39, 0.29) is 0 Å². The van der Waals surface area contributed by atoms with Crippen molar-refractivity contribution in [3.8, 4) is 0 Å². The van der Waals surface area contributed by atoms with E-state index in [4.69, 9.17) is 0 Å². The van der Waals surface area contributed by atoms with Crippen LogP contribution in [0, 0.1) is 0 Å². The van der Waals surface area contributed by atoms with E-state index < -0.39 is 8.07 Å². The second kappa shape index (κ2) is 10.2. The van der Waals surface area contributed by atoms with Crippen LogP contribution in [0.25, 0.3) is 9.15 Å². The first-order valence-corrected chi connectivity index (χ1v) is 14.9. The largest absolute Gasteiger partial charge is 0.0858 e. The Hall–Kier alpha value is -0.403. The minimum absolute atomic E-state index is 1.16. The van der Waals surface area contributed by atoms with Gasteiger partial charge >= 0.3 is 0 Å². The molecule has 0 saturated carbocycles. The van der Waals surface area contributed by atoms with Gasteiger partial charge in [0.05, 0.1) is 8.07 Å². The highest BCUT2D eigenvalue weighted by atomic mass is 127. The van der Waals surface area contributed by atoms with E-state index in [1.807, 2.05) is 0 Å². The summed E-state index contributed by atoms with van der Waals surface area (Å²) in [5.41, 5.74) is 5.63. The monoisotopic (exact) mass is 586 g/mol. The van der Waals surface area contributed by atoms with Gasteiger partial charge in [-0.15, -0.1) is 0 Å². The van der Waals surface area contributed by atoms with E-state index in [1.165, 1.54) is 33.1 Å². The SMILES string of the molecule is CCCCC(/C(=C(\I)c1ccccc1)c1ccccc1)=C(/I)[Si](C)(C)C. The molecule has 0 amide bonds. The summed E-state index contributed by atoms with van der Waals surface area (Å²) in [6.07, 6.45) is 3.62. The molecule has 0 bridgehead atoms. The normalized spacial score (nSPS) is 13.9. The van der Waals surface area contributed by atoms with Crippen LogP contribution < -0.4 is 0 Å². The first kappa shape index (κ1) is 21.9. The van der Waals surface area contributed by atoms with E-state index in [0.29, 0.717) is 0 Å². The van der Waals surface area contributed by atoms with Crippen molar-refractivity contribution >= 4 is 62.4 Å². The van der Waals surface area contributed by atoms with Gasteiger partial charge in [0.2, 0.25) is 0 Å². The number of hydrogen-bond donors (Lipinski definition) is 0. The van der Waals surface area contributed by atoms with Crippen molar-refractivity contribution in [1.29, 1.82) is 0 Å². The number of hydrogen-bond acceptors (Lipinski definition) is 0. The van der Waals surface area contributed by atoms with Gasteiger partial charge in [0.1, 0.15) is 0 Å². The lowest BCUT2D eigenvalue weighted by atomic mass is 9.93. The third-order valence-electron chi connectivity index (χ3n) is 4.31. The fraction of sp³-hybridized carbons (Fsp3) is 0.304. The molecule has 0 radical (unpaired) electrons. The zero-order chi connectivity index (χ0) is 19.2. The fourth-order valence-corrected chi connectivity index (χ4v) is 5.61. The van der Waals surface area contributed by atoms with Crippen LogP contribution in [0.15, 0.2) is 69.4 Å². The third-order valence-corrected chi connectivity index (χ3v) is 12.6. The molecule has 138 valence electrons. The van der Waals surface area contributed by atoms with Gasteiger partial charge in [0.15, 0.2) is 0 Å². The van der Waals surface area contributed by atoms with Crippen molar-refractivity contribution in [3.05, 3.63) is 80.6 Å². The topological polar surface area (TPSA) is 0 Å². The molecular weight excluding hydrogens is 558 g/mol. The van der Waals surface area contributed by atoms with Crippen molar-refractivity contribution in [2.75, 3.05) is 0 Å². The molecule has 0 aliphatic heterocycles. The molecule has 0 aliphatic carbocycles.